The number of aliphatic hydroxyl groups is 2. The zero-order chi connectivity index (χ0) is 23.0. The van der Waals surface area contributed by atoms with Gasteiger partial charge in [0.25, 0.3) is 11.5 Å². The first kappa shape index (κ1) is 33.3. The number of nitrogens with one attached hydrogen (secondary N) is 1. The first-order valence-electron chi connectivity index (χ1n) is 7.83. The van der Waals surface area contributed by atoms with Crippen LogP contribution >= 0.6 is 15.6 Å². The van der Waals surface area contributed by atoms with Crippen molar-refractivity contribution in [2.75, 3.05) is 12.3 Å². The van der Waals surface area contributed by atoms with Crippen molar-refractivity contribution >= 4 is 32.7 Å². The number of quaternary nitrogens is 3. The number of fused-ring (bicyclic) bond motifs is 1. The smallest absolute Gasteiger partial charge is 0.313 e. The van der Waals surface area contributed by atoms with Crippen molar-refractivity contribution in [2.45, 2.75) is 24.5 Å². The molecule has 0 aromatic carbocycles. The molecule has 33 heavy (non-hydrogen) atoms. The maximum absolute atomic E-state index is 12.0. The average Bonchev–Trinajstić information content (AvgIpc) is 3.01. The number of rotatable bonds is 4. The number of phosphoric ester groups is 1. The molecule has 1 saturated heterocycles. The summed E-state index contributed by atoms with van der Waals surface area (Å²) in [5, 5.41) is 20.2. The van der Waals surface area contributed by atoms with Gasteiger partial charge < -0.3 is 77.9 Å². The van der Waals surface area contributed by atoms with Crippen molar-refractivity contribution < 1.29 is 52.7 Å². The molecule has 1 fully saturated rings. The Morgan fingerprint density at radius 3 is 2.24 bits per heavy atom. The number of nitrogen functional groups attached to an aromatic ring is 1. The van der Waals surface area contributed by atoms with Gasteiger partial charge in [0.1, 0.15) is 18.3 Å². The van der Waals surface area contributed by atoms with E-state index in [-0.39, 0.29) is 35.6 Å². The van der Waals surface area contributed by atoms with E-state index in [1.807, 2.05) is 0 Å². The summed E-state index contributed by atoms with van der Waals surface area (Å²) in [4.78, 5) is 57.2. The standard InChI is InChI=1S/C11H16N5O8P.H4NO3P.3H3N/c1-15-3-16(8-5(15)9(19)14-11(12)13-8)10-7(18)6(17)4(24-10)2-23-25(20,21)22;1-5(2,3)4;;;/h3-4,6-7,10,17-18H,2H2,1H3,(H4-,12,13,14,19,20,21,22);(H4,1,2,3,4);3*1H3/t4-,6-,7-,10-;;;;/m1..../s1. The Morgan fingerprint density at radius 1 is 1.24 bits per heavy atom. The summed E-state index contributed by atoms with van der Waals surface area (Å²) >= 11 is 0. The molecule has 0 spiro atoms. The van der Waals surface area contributed by atoms with E-state index in [4.69, 9.17) is 24.8 Å². The van der Waals surface area contributed by atoms with Gasteiger partial charge in [-0.15, -0.1) is 0 Å². The van der Waals surface area contributed by atoms with Crippen LogP contribution in [0.2, 0.25) is 0 Å². The topological polar surface area (TPSA) is 401 Å². The van der Waals surface area contributed by atoms with Crippen molar-refractivity contribution in [1.82, 2.24) is 33.0 Å². The molecule has 0 bridgehead atoms. The molecule has 22 heteroatoms. The molecule has 1 aliphatic rings. The predicted molar refractivity (Wildman–Crippen MR) is 105 cm³/mol. The molecule has 3 rings (SSSR count). The van der Waals surface area contributed by atoms with Crippen LogP contribution in [0.5, 0.6) is 0 Å². The first-order valence-corrected chi connectivity index (χ1v) is 10.9. The molecule has 20 nitrogen and oxygen atoms in total. The fourth-order valence-electron chi connectivity index (χ4n) is 2.72. The van der Waals surface area contributed by atoms with Crippen LogP contribution in [-0.2, 0) is 25.4 Å². The van der Waals surface area contributed by atoms with Crippen molar-refractivity contribution in [3.8, 4) is 0 Å². The highest BCUT2D eigenvalue weighted by atomic mass is 31.2. The number of imidazole rings is 1. The fraction of sp³-hybridized carbons (Fsp3) is 0.545. The van der Waals surface area contributed by atoms with E-state index in [2.05, 4.69) is 20.0 Å². The van der Waals surface area contributed by atoms with Crippen LogP contribution < -0.4 is 59.4 Å². The van der Waals surface area contributed by atoms with Crippen LogP contribution in [-0.4, -0.2) is 49.7 Å². The largest absolute Gasteiger partial charge is 0.799 e. The number of hydrogen-bond acceptors (Lipinski definition) is 13. The Morgan fingerprint density at radius 2 is 1.76 bits per heavy atom. The molecule has 4 atom stereocenters. The highest BCUT2D eigenvalue weighted by Crippen LogP contribution is 2.31. The molecular weight excluding hydrogens is 496 g/mol. The lowest BCUT2D eigenvalue weighted by Crippen LogP contribution is -2.46. The number of aromatic amines is 1. The van der Waals surface area contributed by atoms with Gasteiger partial charge in [-0.05, 0) is 7.75 Å². The maximum Gasteiger partial charge on any atom is 0.313 e. The van der Waals surface area contributed by atoms with Gasteiger partial charge >= 0.3 is 5.65 Å². The van der Waals surface area contributed by atoms with Gasteiger partial charge in [0, 0.05) is 0 Å². The minimum atomic E-state index is -5.26. The number of phosphoric acid groups is 1. The Kier molecular flexibility index (Phi) is 12.1. The number of aromatic nitrogens is 4. The summed E-state index contributed by atoms with van der Waals surface area (Å²) in [6, 6.07) is 0. The third-order valence-corrected chi connectivity index (χ3v) is 4.26. The summed E-state index contributed by atoms with van der Waals surface area (Å²) in [6.45, 7) is -0.763. The van der Waals surface area contributed by atoms with Crippen molar-refractivity contribution in [3.05, 3.63) is 16.7 Å². The number of H-pyrrole nitrogens is 1. The molecule has 19 N–H and O–H groups in total. The quantitative estimate of drug-likeness (QED) is 0.136. The lowest BCUT2D eigenvalue weighted by atomic mass is 10.1. The van der Waals surface area contributed by atoms with Crippen LogP contribution in [0.4, 0.5) is 5.95 Å². The molecule has 194 valence electrons. The van der Waals surface area contributed by atoms with Gasteiger partial charge in [-0.25, -0.2) is 4.57 Å². The maximum atomic E-state index is 12.0. The van der Waals surface area contributed by atoms with Crippen LogP contribution in [0.15, 0.2) is 11.1 Å². The third kappa shape index (κ3) is 8.77. The van der Waals surface area contributed by atoms with Gasteiger partial charge in [-0.3, -0.25) is 14.3 Å². The summed E-state index contributed by atoms with van der Waals surface area (Å²) < 4.78 is 31.6. The number of anilines is 1. The molecule has 2 aromatic rings. The van der Waals surface area contributed by atoms with E-state index in [0.717, 1.165) is 0 Å². The van der Waals surface area contributed by atoms with Gasteiger partial charge in [0.15, 0.2) is 6.33 Å². The van der Waals surface area contributed by atoms with E-state index in [1.165, 1.54) is 15.5 Å². The second kappa shape index (κ2) is 12.0. The Bertz CT molecular complexity index is 1060. The SMILES string of the molecule is Cn1c[n+]([C@@H]2O[C@H](COP(=O)([O-])[O-])[C@@H](O)[C@H]2O)c2nc(N)[nH]c(=O)c21.NP(=O)([O-])[O-].[NH4+].[NH4+].[NH4+]. The Labute approximate surface area is 185 Å². The van der Waals surface area contributed by atoms with Crippen molar-refractivity contribution in [3.63, 3.8) is 0 Å². The minimum absolute atomic E-state index is 0. The Balaban J connectivity index is 0. The summed E-state index contributed by atoms with van der Waals surface area (Å²) in [6.07, 6.45) is -4.12. The summed E-state index contributed by atoms with van der Waals surface area (Å²) in [7, 11) is -8.35. The second-order valence-electron chi connectivity index (χ2n) is 6.09. The predicted octanol–water partition coefficient (Wildman–Crippen LogP) is -5.50. The molecule has 0 radical (unpaired) electrons. The number of nitrogens with two attached hydrogens (primary N) is 2. The lowest BCUT2D eigenvalue weighted by molar-refractivity contribution is -0.745. The fourth-order valence-corrected chi connectivity index (χ4v) is 3.05. The summed E-state index contributed by atoms with van der Waals surface area (Å²) in [5.74, 6) is -0.163. The van der Waals surface area contributed by atoms with E-state index >= 15 is 0 Å². The highest BCUT2D eigenvalue weighted by molar-refractivity contribution is 7.46. The number of ether oxygens (including phenoxy) is 1. The lowest BCUT2D eigenvalue weighted by Gasteiger charge is -2.30. The molecule has 1 aliphatic heterocycles. The molecule has 2 aromatic heterocycles. The van der Waals surface area contributed by atoms with E-state index in [0.29, 0.717) is 0 Å². The van der Waals surface area contributed by atoms with Crippen molar-refractivity contribution in [2.24, 2.45) is 12.6 Å². The van der Waals surface area contributed by atoms with Crippen LogP contribution in [0.3, 0.4) is 0 Å². The van der Waals surface area contributed by atoms with Gasteiger partial charge in [0.05, 0.1) is 21.5 Å². The molecule has 0 aliphatic carbocycles. The second-order valence-corrected chi connectivity index (χ2v) is 8.32. The molecule has 3 heterocycles. The van der Waals surface area contributed by atoms with Crippen LogP contribution in [0.1, 0.15) is 6.23 Å². The molecule has 0 unspecified atom stereocenters. The van der Waals surface area contributed by atoms with Crippen LogP contribution in [0, 0.1) is 0 Å². The average molecular weight is 525 g/mol. The zero-order valence-electron chi connectivity index (χ0n) is 18.1. The van der Waals surface area contributed by atoms with Gasteiger partial charge in [-0.1, -0.05) is 4.98 Å². The van der Waals surface area contributed by atoms with Gasteiger partial charge in [-0.2, -0.15) is 0 Å². The van der Waals surface area contributed by atoms with E-state index in [1.54, 1.807) is 7.05 Å². The Hall–Kier alpha value is -1.87. The number of hydrogen-bond donors (Lipinski definition) is 8. The minimum Gasteiger partial charge on any atom is -0.799 e. The van der Waals surface area contributed by atoms with E-state index in [9.17, 15) is 29.4 Å². The number of aliphatic hydroxyl groups excluding tert-OH is 2. The highest BCUT2D eigenvalue weighted by Gasteiger charge is 2.47. The van der Waals surface area contributed by atoms with Crippen LogP contribution in [0.25, 0.3) is 11.2 Å². The number of aryl methyl sites for hydroxylation is 1. The third-order valence-electron chi connectivity index (χ3n) is 3.80. The molecule has 0 amide bonds. The molecule has 0 saturated carbocycles. The first-order chi connectivity index (χ1) is 13.6. The number of nitrogens with zero attached hydrogens (tertiary/aromatic N) is 3. The normalized spacial score (nSPS) is 22.4. The molecular formula is C11H29N9O11P2. The van der Waals surface area contributed by atoms with E-state index < -0.39 is 52.3 Å². The summed E-state index contributed by atoms with van der Waals surface area (Å²) in [5.41, 5.74) is 9.03. The zero-order valence-corrected chi connectivity index (χ0v) is 19.8. The van der Waals surface area contributed by atoms with Crippen molar-refractivity contribution in [1.29, 1.82) is 0 Å². The van der Waals surface area contributed by atoms with Gasteiger partial charge in [0.2, 0.25) is 11.7 Å². The monoisotopic (exact) mass is 525 g/mol.